The Bertz CT molecular complexity index is 599. The van der Waals surface area contributed by atoms with Crippen molar-refractivity contribution in [3.05, 3.63) is 34.4 Å². The van der Waals surface area contributed by atoms with Crippen LogP contribution in [0.5, 0.6) is 0 Å². The van der Waals surface area contributed by atoms with Crippen LogP contribution in [-0.2, 0) is 17.8 Å². The maximum atomic E-state index is 10.1. The molecule has 26 heavy (non-hydrogen) atoms. The molecule has 0 unspecified atom stereocenters. The molecule has 2 saturated heterocycles. The Morgan fingerprint density at radius 3 is 2.35 bits per heavy atom. The Balaban J connectivity index is 1.68. The van der Waals surface area contributed by atoms with Crippen molar-refractivity contribution in [2.24, 2.45) is 0 Å². The maximum absolute atomic E-state index is 10.1. The molecule has 2 aliphatic rings. The van der Waals surface area contributed by atoms with E-state index in [1.165, 1.54) is 35.3 Å². The monoisotopic (exact) mass is 361 g/mol. The van der Waals surface area contributed by atoms with Gasteiger partial charge >= 0.3 is 0 Å². The average Bonchev–Trinajstić information content (AvgIpc) is 3.05. The average molecular weight is 362 g/mol. The third-order valence-corrected chi connectivity index (χ3v) is 6.08. The predicted octanol–water partition coefficient (Wildman–Crippen LogP) is 1.63. The third-order valence-electron chi connectivity index (χ3n) is 6.08. The fourth-order valence-electron chi connectivity index (χ4n) is 4.19. The first-order chi connectivity index (χ1) is 12.5. The molecule has 5 heteroatoms. The molecule has 0 radical (unpaired) electrons. The highest BCUT2D eigenvalue weighted by Gasteiger charge is 2.30. The number of likely N-dealkylation sites (N-methyl/N-ethyl adjacent to an activating group) is 2. The summed E-state index contributed by atoms with van der Waals surface area (Å²) in [6, 6.07) is 4.74. The number of piperazine rings is 1. The zero-order valence-electron chi connectivity index (χ0n) is 16.9. The minimum Gasteiger partial charge on any atom is -0.389 e. The van der Waals surface area contributed by atoms with Gasteiger partial charge in [0, 0.05) is 39.3 Å². The molecule has 146 valence electrons. The second kappa shape index (κ2) is 8.81. The number of aliphatic hydroxyl groups excluding tert-OH is 1. The van der Waals surface area contributed by atoms with Gasteiger partial charge in [-0.15, -0.1) is 0 Å². The van der Waals surface area contributed by atoms with Crippen molar-refractivity contribution in [2.75, 3.05) is 53.0 Å². The molecule has 0 spiro atoms. The molecule has 0 saturated carbocycles. The van der Waals surface area contributed by atoms with Crippen molar-refractivity contribution in [1.29, 1.82) is 0 Å². The van der Waals surface area contributed by atoms with Crippen LogP contribution in [0.3, 0.4) is 0 Å². The van der Waals surface area contributed by atoms with Crippen molar-refractivity contribution < 1.29 is 9.84 Å². The van der Waals surface area contributed by atoms with Crippen LogP contribution in [0.1, 0.15) is 29.2 Å². The summed E-state index contributed by atoms with van der Waals surface area (Å²) in [6.45, 7) is 15.5. The zero-order chi connectivity index (χ0) is 18.7. The number of nitrogens with zero attached hydrogens (tertiary/aromatic N) is 3. The number of aliphatic hydroxyl groups is 1. The highest BCUT2D eigenvalue weighted by Crippen LogP contribution is 2.22. The Kier molecular flexibility index (Phi) is 6.70. The number of benzene rings is 1. The van der Waals surface area contributed by atoms with Gasteiger partial charge in [-0.2, -0.15) is 0 Å². The van der Waals surface area contributed by atoms with Gasteiger partial charge in [-0.1, -0.05) is 24.6 Å². The smallest absolute Gasteiger partial charge is 0.0950 e. The van der Waals surface area contributed by atoms with E-state index in [4.69, 9.17) is 4.74 Å². The lowest BCUT2D eigenvalue weighted by Gasteiger charge is -2.34. The van der Waals surface area contributed by atoms with E-state index in [9.17, 15) is 5.11 Å². The molecule has 1 N–H and O–H groups in total. The molecule has 3 rings (SSSR count). The maximum Gasteiger partial charge on any atom is 0.0950 e. The molecule has 2 fully saturated rings. The van der Waals surface area contributed by atoms with Gasteiger partial charge in [0.25, 0.3) is 0 Å². The van der Waals surface area contributed by atoms with Crippen LogP contribution < -0.4 is 0 Å². The molecule has 2 heterocycles. The standard InChI is InChI=1S/C21H35N3O2/c1-5-23-6-8-24(9-7-23)13-19-11-16(2)10-18(17(19)3)12-22(4)20-14-26-15-21(20)25/h10-11,20-21,25H,5-9,12-15H2,1-4H3/t20-,21-/m0/s1. The van der Waals surface area contributed by atoms with Gasteiger partial charge < -0.3 is 14.7 Å². The lowest BCUT2D eigenvalue weighted by atomic mass is 9.97. The molecule has 0 bridgehead atoms. The Morgan fingerprint density at radius 1 is 1.08 bits per heavy atom. The molecular weight excluding hydrogens is 326 g/mol. The highest BCUT2D eigenvalue weighted by molar-refractivity contribution is 5.38. The lowest BCUT2D eigenvalue weighted by Crippen LogP contribution is -2.45. The Morgan fingerprint density at radius 2 is 1.73 bits per heavy atom. The number of ether oxygens (including phenoxy) is 1. The number of hydrogen-bond donors (Lipinski definition) is 1. The molecule has 1 aromatic rings. The van der Waals surface area contributed by atoms with Crippen LogP contribution >= 0.6 is 0 Å². The van der Waals surface area contributed by atoms with E-state index < -0.39 is 0 Å². The van der Waals surface area contributed by atoms with Crippen molar-refractivity contribution >= 4 is 0 Å². The summed E-state index contributed by atoms with van der Waals surface area (Å²) in [7, 11) is 2.09. The van der Waals surface area contributed by atoms with Crippen LogP contribution in [0.25, 0.3) is 0 Å². The normalized spacial score (nSPS) is 25.3. The second-order valence-electron chi connectivity index (χ2n) is 8.01. The fourth-order valence-corrected chi connectivity index (χ4v) is 4.19. The van der Waals surface area contributed by atoms with Gasteiger partial charge in [0.15, 0.2) is 0 Å². The molecule has 2 aliphatic heterocycles. The van der Waals surface area contributed by atoms with Crippen LogP contribution in [0.4, 0.5) is 0 Å². The zero-order valence-corrected chi connectivity index (χ0v) is 16.9. The van der Waals surface area contributed by atoms with Crippen LogP contribution in [0.15, 0.2) is 12.1 Å². The van der Waals surface area contributed by atoms with E-state index >= 15 is 0 Å². The first-order valence-corrected chi connectivity index (χ1v) is 9.97. The second-order valence-corrected chi connectivity index (χ2v) is 8.01. The van der Waals surface area contributed by atoms with Gasteiger partial charge in [0.05, 0.1) is 25.4 Å². The fraction of sp³-hybridized carbons (Fsp3) is 0.714. The van der Waals surface area contributed by atoms with Gasteiger partial charge in [-0.3, -0.25) is 9.80 Å². The summed E-state index contributed by atoms with van der Waals surface area (Å²) in [5.74, 6) is 0. The molecule has 0 amide bonds. The molecule has 0 aromatic heterocycles. The molecule has 1 aromatic carbocycles. The third kappa shape index (κ3) is 4.65. The van der Waals surface area contributed by atoms with E-state index in [0.29, 0.717) is 13.2 Å². The minimum absolute atomic E-state index is 0.0977. The van der Waals surface area contributed by atoms with E-state index in [2.05, 4.69) is 54.7 Å². The quantitative estimate of drug-likeness (QED) is 0.834. The van der Waals surface area contributed by atoms with Crippen LogP contribution in [0.2, 0.25) is 0 Å². The predicted molar refractivity (Wildman–Crippen MR) is 105 cm³/mol. The van der Waals surface area contributed by atoms with E-state index in [-0.39, 0.29) is 12.1 Å². The van der Waals surface area contributed by atoms with Crippen molar-refractivity contribution in [2.45, 2.75) is 46.0 Å². The van der Waals surface area contributed by atoms with E-state index in [1.807, 2.05) is 0 Å². The summed E-state index contributed by atoms with van der Waals surface area (Å²) in [4.78, 5) is 7.34. The number of rotatable bonds is 6. The summed E-state index contributed by atoms with van der Waals surface area (Å²) in [5, 5.41) is 10.1. The Labute approximate surface area is 158 Å². The van der Waals surface area contributed by atoms with Crippen LogP contribution in [-0.4, -0.2) is 84.9 Å². The van der Waals surface area contributed by atoms with Crippen molar-refractivity contribution in [3.8, 4) is 0 Å². The molecule has 0 aliphatic carbocycles. The van der Waals surface area contributed by atoms with Crippen molar-refractivity contribution in [3.63, 3.8) is 0 Å². The highest BCUT2D eigenvalue weighted by atomic mass is 16.5. The Hall–Kier alpha value is -0.980. The molecule has 5 nitrogen and oxygen atoms in total. The topological polar surface area (TPSA) is 39.2 Å². The number of hydrogen-bond acceptors (Lipinski definition) is 5. The van der Waals surface area contributed by atoms with Gasteiger partial charge in [-0.25, -0.2) is 0 Å². The summed E-state index contributed by atoms with van der Waals surface area (Å²) >= 11 is 0. The van der Waals surface area contributed by atoms with Crippen molar-refractivity contribution in [1.82, 2.24) is 14.7 Å². The van der Waals surface area contributed by atoms with Gasteiger partial charge in [-0.05, 0) is 44.1 Å². The van der Waals surface area contributed by atoms with E-state index in [0.717, 1.165) is 32.7 Å². The first-order valence-electron chi connectivity index (χ1n) is 9.97. The first kappa shape index (κ1) is 19.8. The lowest BCUT2D eigenvalue weighted by molar-refractivity contribution is 0.0924. The summed E-state index contributed by atoms with van der Waals surface area (Å²) in [5.41, 5.74) is 5.54. The largest absolute Gasteiger partial charge is 0.389 e. The number of aryl methyl sites for hydroxylation is 1. The minimum atomic E-state index is -0.376. The molecule has 2 atom stereocenters. The molecular formula is C21H35N3O2. The van der Waals surface area contributed by atoms with Crippen LogP contribution in [0, 0.1) is 13.8 Å². The SMILES string of the molecule is CCN1CCN(Cc2cc(C)cc(CN(C)[C@H]3COC[C@@H]3O)c2C)CC1. The summed E-state index contributed by atoms with van der Waals surface area (Å²) in [6.07, 6.45) is -0.376. The van der Waals surface area contributed by atoms with E-state index in [1.54, 1.807) is 0 Å². The summed E-state index contributed by atoms with van der Waals surface area (Å²) < 4.78 is 5.42. The van der Waals surface area contributed by atoms with Gasteiger partial charge in [0.2, 0.25) is 0 Å². The van der Waals surface area contributed by atoms with Gasteiger partial charge in [0.1, 0.15) is 0 Å².